The number of hydrogen-bond acceptors (Lipinski definition) is 6. The molecule has 1 heterocycles. The Bertz CT molecular complexity index is 257. The van der Waals surface area contributed by atoms with Gasteiger partial charge in [0.2, 0.25) is 6.10 Å². The van der Waals surface area contributed by atoms with Crippen molar-refractivity contribution >= 4 is 27.6 Å². The fourth-order valence-corrected chi connectivity index (χ4v) is 4.45. The smallest absolute Gasteiger partial charge is 0.332 e. The molecule has 1 saturated heterocycles. The zero-order valence-corrected chi connectivity index (χ0v) is 10.2. The van der Waals surface area contributed by atoms with Crippen LogP contribution in [0.1, 0.15) is 25.7 Å². The van der Waals surface area contributed by atoms with Crippen LogP contribution in [0.15, 0.2) is 0 Å². The second kappa shape index (κ2) is 6.85. The second-order valence-electron chi connectivity index (χ2n) is 3.42. The van der Waals surface area contributed by atoms with E-state index in [9.17, 15) is 14.9 Å². The van der Waals surface area contributed by atoms with Gasteiger partial charge in [0.1, 0.15) is 0 Å². The van der Waals surface area contributed by atoms with E-state index in [1.807, 2.05) is 21.6 Å². The molecule has 0 aromatic carbocycles. The number of aliphatic carboxylic acids is 1. The van der Waals surface area contributed by atoms with Crippen LogP contribution in [0.25, 0.3) is 0 Å². The number of nitrogens with zero attached hydrogens (tertiary/aromatic N) is 1. The van der Waals surface area contributed by atoms with Crippen molar-refractivity contribution < 1.29 is 19.8 Å². The van der Waals surface area contributed by atoms with Crippen molar-refractivity contribution in [2.45, 2.75) is 37.0 Å². The summed E-state index contributed by atoms with van der Waals surface area (Å²) in [5.74, 6) is -0.145. The van der Waals surface area contributed by atoms with E-state index in [4.69, 9.17) is 5.11 Å². The molecule has 1 aliphatic heterocycles. The molecule has 8 heteroatoms. The van der Waals surface area contributed by atoms with Crippen molar-refractivity contribution in [2.75, 3.05) is 5.75 Å². The standard InChI is InChI=1S/C8H13NO5S2/c10-8(11)7(14-9(12)13)3-1-2-6-4-5-15-16-6/h6-7H,1-5H2,(H,10,11). The molecule has 0 spiro atoms. The molecule has 2 unspecified atom stereocenters. The summed E-state index contributed by atoms with van der Waals surface area (Å²) < 4.78 is 0. The molecule has 2 atom stereocenters. The molecule has 1 rings (SSSR count). The lowest BCUT2D eigenvalue weighted by Crippen LogP contribution is -2.26. The molecule has 0 aromatic heterocycles. The van der Waals surface area contributed by atoms with Crippen LogP contribution in [0.3, 0.4) is 0 Å². The highest BCUT2D eigenvalue weighted by Gasteiger charge is 2.23. The highest BCUT2D eigenvalue weighted by molar-refractivity contribution is 8.77. The molecule has 1 aliphatic rings. The average molecular weight is 267 g/mol. The van der Waals surface area contributed by atoms with E-state index in [1.165, 1.54) is 0 Å². The second-order valence-corrected chi connectivity index (χ2v) is 6.20. The molecule has 1 N–H and O–H groups in total. The van der Waals surface area contributed by atoms with Crippen molar-refractivity contribution in [1.82, 2.24) is 0 Å². The van der Waals surface area contributed by atoms with Gasteiger partial charge in [0.25, 0.3) is 5.09 Å². The van der Waals surface area contributed by atoms with E-state index in [-0.39, 0.29) is 6.42 Å². The number of carbonyl (C=O) groups is 1. The van der Waals surface area contributed by atoms with Crippen LogP contribution in [0.2, 0.25) is 0 Å². The fourth-order valence-electron chi connectivity index (χ4n) is 1.42. The zero-order valence-electron chi connectivity index (χ0n) is 8.53. The Hall–Kier alpha value is -0.630. The monoisotopic (exact) mass is 267 g/mol. The van der Waals surface area contributed by atoms with Crippen LogP contribution < -0.4 is 0 Å². The lowest BCUT2D eigenvalue weighted by Gasteiger charge is -2.11. The summed E-state index contributed by atoms with van der Waals surface area (Å²) in [5.41, 5.74) is 0. The first-order valence-electron chi connectivity index (χ1n) is 4.92. The van der Waals surface area contributed by atoms with Crippen molar-refractivity contribution in [3.8, 4) is 0 Å². The third-order valence-electron chi connectivity index (χ3n) is 2.21. The molecule has 0 bridgehead atoms. The zero-order chi connectivity index (χ0) is 12.0. The topological polar surface area (TPSA) is 89.7 Å². The van der Waals surface area contributed by atoms with Crippen LogP contribution in [0.4, 0.5) is 0 Å². The molecule has 1 fully saturated rings. The maximum atomic E-state index is 10.6. The Morgan fingerprint density at radius 1 is 1.69 bits per heavy atom. The molecular formula is C8H13NO5S2. The summed E-state index contributed by atoms with van der Waals surface area (Å²) in [7, 11) is 3.63. The van der Waals surface area contributed by atoms with Gasteiger partial charge < -0.3 is 5.11 Å². The minimum atomic E-state index is -1.32. The SMILES string of the molecule is O=C(O)C(CCCC1CCSS1)O[N+](=O)[O-]. The van der Waals surface area contributed by atoms with Gasteiger partial charge in [-0.15, -0.1) is 10.1 Å². The number of carboxylic acid groups (broad SMARTS) is 1. The summed E-state index contributed by atoms with van der Waals surface area (Å²) in [4.78, 5) is 24.8. The highest BCUT2D eigenvalue weighted by atomic mass is 33.1. The summed E-state index contributed by atoms with van der Waals surface area (Å²) in [6, 6.07) is 0. The van der Waals surface area contributed by atoms with Crippen molar-refractivity contribution in [2.24, 2.45) is 0 Å². The summed E-state index contributed by atoms with van der Waals surface area (Å²) in [6.45, 7) is 0. The Labute approximate surface area is 101 Å². The minimum absolute atomic E-state index is 0.192. The molecule has 6 nitrogen and oxygen atoms in total. The van der Waals surface area contributed by atoms with E-state index in [1.54, 1.807) is 0 Å². The van der Waals surface area contributed by atoms with Gasteiger partial charge in [-0.1, -0.05) is 21.6 Å². The maximum Gasteiger partial charge on any atom is 0.332 e. The van der Waals surface area contributed by atoms with Crippen molar-refractivity contribution in [1.29, 1.82) is 0 Å². The molecule has 0 aliphatic carbocycles. The van der Waals surface area contributed by atoms with Gasteiger partial charge in [-0.3, -0.25) is 4.84 Å². The van der Waals surface area contributed by atoms with Gasteiger partial charge >= 0.3 is 5.97 Å². The maximum absolute atomic E-state index is 10.6. The molecule has 0 saturated carbocycles. The fraction of sp³-hybridized carbons (Fsp3) is 0.875. The first-order valence-corrected chi connectivity index (χ1v) is 7.30. The average Bonchev–Trinajstić information content (AvgIpc) is 2.68. The molecular weight excluding hydrogens is 254 g/mol. The van der Waals surface area contributed by atoms with Gasteiger partial charge in [0.05, 0.1) is 0 Å². The van der Waals surface area contributed by atoms with E-state index in [0.717, 1.165) is 18.6 Å². The number of hydrogen-bond donors (Lipinski definition) is 1. The predicted octanol–water partition coefficient (Wildman–Crippen LogP) is 1.97. The predicted molar refractivity (Wildman–Crippen MR) is 61.8 cm³/mol. The van der Waals surface area contributed by atoms with Gasteiger partial charge in [-0.2, -0.15) is 0 Å². The Morgan fingerprint density at radius 2 is 2.44 bits per heavy atom. The minimum Gasteiger partial charge on any atom is -0.480 e. The third-order valence-corrected chi connectivity index (χ3v) is 5.22. The number of carboxylic acids is 1. The Balaban J connectivity index is 2.21. The summed E-state index contributed by atoms with van der Waals surface area (Å²) >= 11 is 0. The quantitative estimate of drug-likeness (QED) is 0.428. The summed E-state index contributed by atoms with van der Waals surface area (Å²) in [6.07, 6.45) is 1.53. The van der Waals surface area contributed by atoms with E-state index in [0.29, 0.717) is 11.7 Å². The van der Waals surface area contributed by atoms with E-state index < -0.39 is 17.2 Å². The van der Waals surface area contributed by atoms with Gasteiger partial charge in [-0.25, -0.2) is 4.79 Å². The third kappa shape index (κ3) is 4.93. The first kappa shape index (κ1) is 13.4. The molecule has 0 aromatic rings. The first-order chi connectivity index (χ1) is 7.59. The number of rotatable bonds is 7. The van der Waals surface area contributed by atoms with Crippen LogP contribution in [0, 0.1) is 10.1 Å². The molecule has 92 valence electrons. The Kier molecular flexibility index (Phi) is 5.75. The highest BCUT2D eigenvalue weighted by Crippen LogP contribution is 2.39. The van der Waals surface area contributed by atoms with Crippen LogP contribution in [-0.4, -0.2) is 33.3 Å². The van der Waals surface area contributed by atoms with E-state index in [2.05, 4.69) is 4.84 Å². The normalized spacial score (nSPS) is 21.6. The Morgan fingerprint density at radius 3 is 2.94 bits per heavy atom. The lowest BCUT2D eigenvalue weighted by molar-refractivity contribution is -0.765. The molecule has 16 heavy (non-hydrogen) atoms. The van der Waals surface area contributed by atoms with Gasteiger partial charge in [0, 0.05) is 11.0 Å². The lowest BCUT2D eigenvalue weighted by atomic mass is 10.1. The molecule has 0 radical (unpaired) electrons. The van der Waals surface area contributed by atoms with Crippen LogP contribution in [0.5, 0.6) is 0 Å². The van der Waals surface area contributed by atoms with Crippen LogP contribution in [-0.2, 0) is 9.63 Å². The summed E-state index contributed by atoms with van der Waals surface area (Å²) in [5, 5.41) is 18.2. The van der Waals surface area contributed by atoms with E-state index >= 15 is 0 Å². The largest absolute Gasteiger partial charge is 0.480 e. The van der Waals surface area contributed by atoms with Gasteiger partial charge in [-0.05, 0) is 25.7 Å². The van der Waals surface area contributed by atoms with Gasteiger partial charge in [0.15, 0.2) is 0 Å². The molecule has 0 amide bonds. The van der Waals surface area contributed by atoms with Crippen molar-refractivity contribution in [3.63, 3.8) is 0 Å². The van der Waals surface area contributed by atoms with Crippen molar-refractivity contribution in [3.05, 3.63) is 10.1 Å². The van der Waals surface area contributed by atoms with Crippen LogP contribution >= 0.6 is 21.6 Å².